The molecular weight excluding hydrogens is 256 g/mol. The summed E-state index contributed by atoms with van der Waals surface area (Å²) >= 11 is 5.73. The molecule has 2 amide bonds. The van der Waals surface area contributed by atoms with Gasteiger partial charge in [-0.3, -0.25) is 9.59 Å². The van der Waals surface area contributed by atoms with Gasteiger partial charge in [-0.2, -0.15) is 0 Å². The third kappa shape index (κ3) is 3.63. The topological polar surface area (TPSA) is 69.6 Å². The molecule has 0 saturated carbocycles. The van der Waals surface area contributed by atoms with Crippen LogP contribution in [0.3, 0.4) is 0 Å². The summed E-state index contributed by atoms with van der Waals surface area (Å²) in [5, 5.41) is 12.3. The molecule has 2 N–H and O–H groups in total. The van der Waals surface area contributed by atoms with Crippen molar-refractivity contribution < 1.29 is 14.7 Å². The van der Waals surface area contributed by atoms with Gasteiger partial charge in [0.25, 0.3) is 5.91 Å². The Morgan fingerprint density at radius 2 is 2.11 bits per heavy atom. The smallest absolute Gasteiger partial charge is 0.255 e. The van der Waals surface area contributed by atoms with E-state index in [-0.39, 0.29) is 23.8 Å². The molecule has 0 spiro atoms. The number of hydrogen-bond acceptors (Lipinski definition) is 3. The highest BCUT2D eigenvalue weighted by molar-refractivity contribution is 6.31. The maximum atomic E-state index is 11.7. The number of halogens is 1. The highest BCUT2D eigenvalue weighted by Crippen LogP contribution is 2.21. The molecule has 0 fully saturated rings. The molecule has 0 aromatic heterocycles. The van der Waals surface area contributed by atoms with E-state index in [0.29, 0.717) is 11.6 Å². The second-order valence-electron chi connectivity index (χ2n) is 3.75. The Morgan fingerprint density at radius 1 is 1.44 bits per heavy atom. The minimum atomic E-state index is -0.534. The van der Waals surface area contributed by atoms with Crippen LogP contribution in [-0.4, -0.2) is 42.0 Å². The molecule has 0 aliphatic carbocycles. The average molecular weight is 271 g/mol. The normalized spacial score (nSPS) is 9.94. The van der Waals surface area contributed by atoms with Gasteiger partial charge in [0.2, 0.25) is 5.91 Å². The molecule has 0 aliphatic heterocycles. The van der Waals surface area contributed by atoms with Crippen LogP contribution in [0.15, 0.2) is 18.2 Å². The molecule has 1 rings (SSSR count). The Kier molecular flexibility index (Phi) is 4.97. The van der Waals surface area contributed by atoms with Crippen LogP contribution in [0.2, 0.25) is 5.02 Å². The first-order valence-corrected chi connectivity index (χ1v) is 5.84. The summed E-state index contributed by atoms with van der Waals surface area (Å²) in [6.45, 7) is 2.29. The minimum Gasteiger partial charge on any atom is -0.507 e. The SMILES string of the molecule is CCN(C)C(=O)CNC(=O)c1cc(Cl)ccc1O. The van der Waals surface area contributed by atoms with Crippen LogP contribution in [0.1, 0.15) is 17.3 Å². The monoisotopic (exact) mass is 270 g/mol. The Bertz CT molecular complexity index is 463. The van der Waals surface area contributed by atoms with Gasteiger partial charge in [-0.25, -0.2) is 0 Å². The van der Waals surface area contributed by atoms with Gasteiger partial charge in [0, 0.05) is 18.6 Å². The summed E-state index contributed by atoms with van der Waals surface area (Å²) < 4.78 is 0. The molecule has 0 saturated heterocycles. The quantitative estimate of drug-likeness (QED) is 0.865. The molecule has 98 valence electrons. The summed E-state index contributed by atoms with van der Waals surface area (Å²) in [6.07, 6.45) is 0. The predicted molar refractivity (Wildman–Crippen MR) is 68.8 cm³/mol. The second kappa shape index (κ2) is 6.26. The van der Waals surface area contributed by atoms with Gasteiger partial charge < -0.3 is 15.3 Å². The molecule has 5 nitrogen and oxygen atoms in total. The van der Waals surface area contributed by atoms with Gasteiger partial charge in [-0.1, -0.05) is 11.6 Å². The van der Waals surface area contributed by atoms with Crippen LogP contribution in [0, 0.1) is 0 Å². The van der Waals surface area contributed by atoms with Gasteiger partial charge in [-0.05, 0) is 25.1 Å². The Morgan fingerprint density at radius 3 is 2.72 bits per heavy atom. The van der Waals surface area contributed by atoms with Gasteiger partial charge in [0.1, 0.15) is 5.75 Å². The van der Waals surface area contributed by atoms with Crippen LogP contribution < -0.4 is 5.32 Å². The number of nitrogens with zero attached hydrogens (tertiary/aromatic N) is 1. The lowest BCUT2D eigenvalue weighted by Gasteiger charge is -2.14. The van der Waals surface area contributed by atoms with Crippen LogP contribution in [-0.2, 0) is 4.79 Å². The van der Waals surface area contributed by atoms with E-state index in [9.17, 15) is 14.7 Å². The standard InChI is InChI=1S/C12H15ClN2O3/c1-3-15(2)11(17)7-14-12(18)9-6-8(13)4-5-10(9)16/h4-6,16H,3,7H2,1-2H3,(H,14,18). The van der Waals surface area contributed by atoms with Crippen LogP contribution in [0.4, 0.5) is 0 Å². The van der Waals surface area contributed by atoms with E-state index in [1.165, 1.54) is 23.1 Å². The molecule has 0 unspecified atom stereocenters. The lowest BCUT2D eigenvalue weighted by molar-refractivity contribution is -0.128. The number of amides is 2. The maximum absolute atomic E-state index is 11.7. The van der Waals surface area contributed by atoms with E-state index in [4.69, 9.17) is 11.6 Å². The number of benzene rings is 1. The molecule has 0 bridgehead atoms. The van der Waals surface area contributed by atoms with Crippen molar-refractivity contribution in [3.05, 3.63) is 28.8 Å². The lowest BCUT2D eigenvalue weighted by atomic mass is 10.2. The number of carbonyl (C=O) groups excluding carboxylic acids is 2. The first kappa shape index (κ1) is 14.3. The fourth-order valence-electron chi connectivity index (χ4n) is 1.25. The number of carbonyl (C=O) groups is 2. The average Bonchev–Trinajstić information content (AvgIpc) is 2.37. The van der Waals surface area contributed by atoms with Crippen molar-refractivity contribution in [2.45, 2.75) is 6.92 Å². The summed E-state index contributed by atoms with van der Waals surface area (Å²) in [6, 6.07) is 4.15. The Labute approximate surface area is 110 Å². The largest absolute Gasteiger partial charge is 0.507 e. The summed E-state index contributed by atoms with van der Waals surface area (Å²) in [5.41, 5.74) is 0.0504. The molecular formula is C12H15ClN2O3. The van der Waals surface area contributed by atoms with E-state index in [2.05, 4.69) is 5.32 Å². The van der Waals surface area contributed by atoms with E-state index in [1.807, 2.05) is 6.92 Å². The van der Waals surface area contributed by atoms with Crippen molar-refractivity contribution >= 4 is 23.4 Å². The second-order valence-corrected chi connectivity index (χ2v) is 4.19. The van der Waals surface area contributed by atoms with Crippen molar-refractivity contribution in [3.63, 3.8) is 0 Å². The van der Waals surface area contributed by atoms with Crippen molar-refractivity contribution in [2.24, 2.45) is 0 Å². The molecule has 18 heavy (non-hydrogen) atoms. The van der Waals surface area contributed by atoms with Crippen LogP contribution in [0.5, 0.6) is 5.75 Å². The van der Waals surface area contributed by atoms with Crippen LogP contribution in [0.25, 0.3) is 0 Å². The molecule has 0 aliphatic rings. The van der Waals surface area contributed by atoms with E-state index < -0.39 is 5.91 Å². The third-order valence-electron chi connectivity index (χ3n) is 2.50. The van der Waals surface area contributed by atoms with Gasteiger partial charge in [-0.15, -0.1) is 0 Å². The highest BCUT2D eigenvalue weighted by atomic mass is 35.5. The van der Waals surface area contributed by atoms with E-state index >= 15 is 0 Å². The number of phenolic OH excluding ortho intramolecular Hbond substituents is 1. The number of likely N-dealkylation sites (N-methyl/N-ethyl adjacent to an activating group) is 1. The van der Waals surface area contributed by atoms with Crippen molar-refractivity contribution in [2.75, 3.05) is 20.1 Å². The van der Waals surface area contributed by atoms with Crippen molar-refractivity contribution in [3.8, 4) is 5.75 Å². The summed E-state index contributed by atoms with van der Waals surface area (Å²) in [4.78, 5) is 24.7. The number of hydrogen-bond donors (Lipinski definition) is 2. The minimum absolute atomic E-state index is 0.0504. The summed E-state index contributed by atoms with van der Waals surface area (Å²) in [5.74, 6) is -0.909. The fourth-order valence-corrected chi connectivity index (χ4v) is 1.42. The van der Waals surface area contributed by atoms with E-state index in [0.717, 1.165) is 0 Å². The van der Waals surface area contributed by atoms with Gasteiger partial charge >= 0.3 is 0 Å². The third-order valence-corrected chi connectivity index (χ3v) is 2.74. The maximum Gasteiger partial charge on any atom is 0.255 e. The molecule has 0 radical (unpaired) electrons. The first-order valence-electron chi connectivity index (χ1n) is 5.46. The summed E-state index contributed by atoms with van der Waals surface area (Å²) in [7, 11) is 1.64. The van der Waals surface area contributed by atoms with E-state index in [1.54, 1.807) is 7.05 Å². The zero-order chi connectivity index (χ0) is 13.7. The molecule has 6 heteroatoms. The fraction of sp³-hybridized carbons (Fsp3) is 0.333. The van der Waals surface area contributed by atoms with Crippen molar-refractivity contribution in [1.82, 2.24) is 10.2 Å². The molecule has 0 atom stereocenters. The molecule has 1 aromatic rings. The number of phenols is 1. The number of nitrogens with one attached hydrogen (secondary N) is 1. The van der Waals surface area contributed by atoms with Gasteiger partial charge in [0.05, 0.1) is 12.1 Å². The Balaban J connectivity index is 2.66. The zero-order valence-corrected chi connectivity index (χ0v) is 11.0. The predicted octanol–water partition coefficient (Wildman–Crippen LogP) is 1.25. The van der Waals surface area contributed by atoms with Crippen molar-refractivity contribution in [1.29, 1.82) is 0 Å². The Hall–Kier alpha value is -1.75. The molecule has 1 aromatic carbocycles. The first-order chi connectivity index (χ1) is 8.45. The number of rotatable bonds is 4. The molecule has 0 heterocycles. The number of aromatic hydroxyl groups is 1. The van der Waals surface area contributed by atoms with Gasteiger partial charge in [0.15, 0.2) is 0 Å². The lowest BCUT2D eigenvalue weighted by Crippen LogP contribution is -2.38. The zero-order valence-electron chi connectivity index (χ0n) is 10.2. The van der Waals surface area contributed by atoms with Crippen LogP contribution >= 0.6 is 11.6 Å². The highest BCUT2D eigenvalue weighted by Gasteiger charge is 2.14.